The van der Waals surface area contributed by atoms with Gasteiger partial charge in [0.1, 0.15) is 23.9 Å². The summed E-state index contributed by atoms with van der Waals surface area (Å²) in [6.45, 7) is 5.36. The van der Waals surface area contributed by atoms with Crippen LogP contribution in [-0.4, -0.2) is 54.5 Å². The van der Waals surface area contributed by atoms with Crippen LogP contribution in [0.25, 0.3) is 0 Å². The molecule has 0 aromatic heterocycles. The van der Waals surface area contributed by atoms with Gasteiger partial charge in [-0.2, -0.15) is 0 Å². The Morgan fingerprint density at radius 2 is 1.67 bits per heavy atom. The largest absolute Gasteiger partial charge is 0.492 e. The molecule has 0 saturated carbocycles. The van der Waals surface area contributed by atoms with Gasteiger partial charge in [-0.15, -0.1) is 0 Å². The van der Waals surface area contributed by atoms with Crippen molar-refractivity contribution in [2.75, 3.05) is 26.3 Å². The minimum Gasteiger partial charge on any atom is -0.492 e. The number of halogens is 1. The van der Waals surface area contributed by atoms with E-state index in [0.29, 0.717) is 25.4 Å². The molecule has 0 aliphatic carbocycles. The zero-order chi connectivity index (χ0) is 26.2. The highest BCUT2D eigenvalue weighted by atomic mass is 19.1. The lowest BCUT2D eigenvalue weighted by Gasteiger charge is -2.22. The zero-order valence-electron chi connectivity index (χ0n) is 21.3. The molecule has 0 aliphatic rings. The first kappa shape index (κ1) is 29.1. The summed E-state index contributed by atoms with van der Waals surface area (Å²) < 4.78 is 29.9. The maximum absolute atomic E-state index is 13.5. The monoisotopic (exact) mass is 503 g/mol. The van der Waals surface area contributed by atoms with Crippen LogP contribution >= 0.6 is 0 Å². The summed E-state index contributed by atoms with van der Waals surface area (Å²) in [6.07, 6.45) is 5.40. The third-order valence-electron chi connectivity index (χ3n) is 5.66. The Bertz CT molecular complexity index is 921. The summed E-state index contributed by atoms with van der Waals surface area (Å²) in [6, 6.07) is 12.7. The van der Waals surface area contributed by atoms with Crippen molar-refractivity contribution in [3.8, 4) is 11.5 Å². The van der Waals surface area contributed by atoms with Crippen LogP contribution in [0.4, 0.5) is 9.18 Å². The van der Waals surface area contributed by atoms with Gasteiger partial charge >= 0.3 is 12.1 Å². The van der Waals surface area contributed by atoms with Crippen molar-refractivity contribution in [1.82, 2.24) is 4.90 Å². The predicted octanol–water partition coefficient (Wildman–Crippen LogP) is 6.10. The number of aliphatic carboxylic acids is 1. The number of hydrogen-bond donors (Lipinski definition) is 1. The molecule has 0 bridgehead atoms. The fraction of sp³-hybridized carbons (Fsp3) is 0.500. The molecule has 0 spiro atoms. The van der Waals surface area contributed by atoms with Gasteiger partial charge in [-0.25, -0.2) is 14.0 Å². The van der Waals surface area contributed by atoms with Crippen molar-refractivity contribution >= 4 is 12.1 Å². The maximum atomic E-state index is 13.5. The number of carbonyl (C=O) groups excluding carboxylic acids is 1. The molecular formula is C28H38FNO6. The molecule has 2 rings (SSSR count). The van der Waals surface area contributed by atoms with Gasteiger partial charge in [-0.05, 0) is 43.2 Å². The number of ether oxygens (including phenoxy) is 3. The molecule has 198 valence electrons. The SMILES string of the molecule is CCCCCCCCN(CCOc1ccc(CC(OCC)C(=O)O)cc1)C(=O)Oc1cccc(F)c1. The standard InChI is InChI=1S/C28H38FNO6/c1-3-5-6-7-8-9-17-30(28(33)36-25-12-10-11-23(29)21-25)18-19-35-24-15-13-22(14-16-24)20-26(27(31)32)34-4-2/h10-16,21,26H,3-9,17-20H2,1-2H3,(H,31,32). The van der Waals surface area contributed by atoms with Gasteiger partial charge in [0.05, 0.1) is 6.54 Å². The molecule has 1 amide bonds. The number of amides is 1. The molecule has 1 atom stereocenters. The Kier molecular flexibility index (Phi) is 13.4. The van der Waals surface area contributed by atoms with E-state index in [1.165, 1.54) is 37.5 Å². The van der Waals surface area contributed by atoms with Crippen LogP contribution in [-0.2, 0) is 16.0 Å². The molecule has 1 unspecified atom stereocenters. The first-order valence-corrected chi connectivity index (χ1v) is 12.7. The van der Waals surface area contributed by atoms with Crippen LogP contribution < -0.4 is 9.47 Å². The van der Waals surface area contributed by atoms with Gasteiger partial charge in [0.2, 0.25) is 0 Å². The second-order valence-corrected chi connectivity index (χ2v) is 8.56. The minimum absolute atomic E-state index is 0.163. The molecule has 0 heterocycles. The van der Waals surface area contributed by atoms with Crippen molar-refractivity contribution in [3.63, 3.8) is 0 Å². The second-order valence-electron chi connectivity index (χ2n) is 8.56. The van der Waals surface area contributed by atoms with Crippen LogP contribution in [0.3, 0.4) is 0 Å². The predicted molar refractivity (Wildman–Crippen MR) is 136 cm³/mol. The molecule has 0 aliphatic heterocycles. The van der Waals surface area contributed by atoms with Crippen molar-refractivity contribution in [2.24, 2.45) is 0 Å². The molecule has 8 heteroatoms. The van der Waals surface area contributed by atoms with Gasteiger partial charge < -0.3 is 24.2 Å². The third-order valence-corrected chi connectivity index (χ3v) is 5.66. The third kappa shape index (κ3) is 11.1. The lowest BCUT2D eigenvalue weighted by Crippen LogP contribution is -2.37. The topological polar surface area (TPSA) is 85.3 Å². The van der Waals surface area contributed by atoms with Gasteiger partial charge in [0.15, 0.2) is 6.10 Å². The van der Waals surface area contributed by atoms with Gasteiger partial charge in [-0.3, -0.25) is 0 Å². The van der Waals surface area contributed by atoms with E-state index in [2.05, 4.69) is 6.92 Å². The number of hydrogen-bond acceptors (Lipinski definition) is 5. The van der Waals surface area contributed by atoms with E-state index in [9.17, 15) is 19.1 Å². The molecule has 1 N–H and O–H groups in total. The van der Waals surface area contributed by atoms with Crippen LogP contribution in [0.5, 0.6) is 11.5 Å². The van der Waals surface area contributed by atoms with E-state index < -0.39 is 24.0 Å². The Morgan fingerprint density at radius 3 is 2.33 bits per heavy atom. The molecule has 0 fully saturated rings. The smallest absolute Gasteiger partial charge is 0.415 e. The molecule has 2 aromatic rings. The minimum atomic E-state index is -0.993. The summed E-state index contributed by atoms with van der Waals surface area (Å²) in [5.74, 6) is -0.686. The molecular weight excluding hydrogens is 465 g/mol. The number of benzene rings is 2. The van der Waals surface area contributed by atoms with Gasteiger partial charge in [0, 0.05) is 25.6 Å². The van der Waals surface area contributed by atoms with Crippen LogP contribution in [0, 0.1) is 5.82 Å². The highest BCUT2D eigenvalue weighted by Crippen LogP contribution is 2.16. The van der Waals surface area contributed by atoms with E-state index >= 15 is 0 Å². The normalized spacial score (nSPS) is 11.6. The Balaban J connectivity index is 1.89. The number of rotatable bonds is 17. The van der Waals surface area contributed by atoms with E-state index in [1.807, 2.05) is 0 Å². The average Bonchev–Trinajstić information content (AvgIpc) is 2.85. The molecule has 0 radical (unpaired) electrons. The quantitative estimate of drug-likeness (QED) is 0.263. The van der Waals surface area contributed by atoms with Crippen molar-refractivity contribution in [2.45, 2.75) is 64.9 Å². The number of nitrogens with zero attached hydrogens (tertiary/aromatic N) is 1. The summed E-state index contributed by atoms with van der Waals surface area (Å²) in [7, 11) is 0. The zero-order valence-corrected chi connectivity index (χ0v) is 21.3. The summed E-state index contributed by atoms with van der Waals surface area (Å²) in [5.41, 5.74) is 0.826. The average molecular weight is 504 g/mol. The lowest BCUT2D eigenvalue weighted by atomic mass is 10.1. The van der Waals surface area contributed by atoms with Crippen LogP contribution in [0.2, 0.25) is 0 Å². The number of carbonyl (C=O) groups is 2. The van der Waals surface area contributed by atoms with Crippen LogP contribution in [0.1, 0.15) is 57.9 Å². The second kappa shape index (κ2) is 16.5. The van der Waals surface area contributed by atoms with E-state index in [-0.39, 0.29) is 18.8 Å². The first-order valence-electron chi connectivity index (χ1n) is 12.7. The summed E-state index contributed by atoms with van der Waals surface area (Å²) >= 11 is 0. The summed E-state index contributed by atoms with van der Waals surface area (Å²) in [4.78, 5) is 25.6. The molecule has 36 heavy (non-hydrogen) atoms. The Labute approximate surface area is 213 Å². The van der Waals surface area contributed by atoms with Crippen molar-refractivity contribution < 1.29 is 33.3 Å². The van der Waals surface area contributed by atoms with Crippen LogP contribution in [0.15, 0.2) is 48.5 Å². The van der Waals surface area contributed by atoms with Crippen molar-refractivity contribution in [1.29, 1.82) is 0 Å². The number of carboxylic acid groups (broad SMARTS) is 1. The fourth-order valence-corrected chi connectivity index (χ4v) is 3.70. The Morgan fingerprint density at radius 1 is 0.944 bits per heavy atom. The molecule has 0 saturated heterocycles. The maximum Gasteiger partial charge on any atom is 0.415 e. The molecule has 2 aromatic carbocycles. The summed E-state index contributed by atoms with van der Waals surface area (Å²) in [5, 5.41) is 9.24. The highest BCUT2D eigenvalue weighted by molar-refractivity contribution is 5.72. The van der Waals surface area contributed by atoms with Crippen molar-refractivity contribution in [3.05, 3.63) is 59.9 Å². The first-order chi connectivity index (χ1) is 17.4. The number of unbranched alkanes of at least 4 members (excludes halogenated alkanes) is 5. The van der Waals surface area contributed by atoms with Gasteiger partial charge in [-0.1, -0.05) is 57.2 Å². The van der Waals surface area contributed by atoms with E-state index in [0.717, 1.165) is 24.8 Å². The highest BCUT2D eigenvalue weighted by Gasteiger charge is 2.18. The number of carboxylic acids is 1. The molecule has 7 nitrogen and oxygen atoms in total. The Hall–Kier alpha value is -3.13. The fourth-order valence-electron chi connectivity index (χ4n) is 3.70. The van der Waals surface area contributed by atoms with E-state index in [1.54, 1.807) is 42.2 Å². The van der Waals surface area contributed by atoms with E-state index in [4.69, 9.17) is 14.2 Å². The lowest BCUT2D eigenvalue weighted by molar-refractivity contribution is -0.149. The van der Waals surface area contributed by atoms with Gasteiger partial charge in [0.25, 0.3) is 0 Å².